The Kier molecular flexibility index (Phi) is 4.48. The van der Waals surface area contributed by atoms with Crippen LogP contribution in [0.15, 0.2) is 41.7 Å². The second-order valence-corrected chi connectivity index (χ2v) is 10.3. The number of rotatable bonds is 4. The number of amides is 1. The summed E-state index contributed by atoms with van der Waals surface area (Å²) >= 11 is 7.46. The molecule has 0 aliphatic carbocycles. The number of aromatic nitrogens is 3. The average molecular weight is 436 g/mol. The molecule has 3 heterocycles. The van der Waals surface area contributed by atoms with E-state index < -0.39 is 9.73 Å². The third-order valence-corrected chi connectivity index (χ3v) is 6.97. The zero-order chi connectivity index (χ0) is 20.2. The minimum Gasteiger partial charge on any atom is -0.343 e. The van der Waals surface area contributed by atoms with Crippen molar-refractivity contribution in [3.8, 4) is 0 Å². The summed E-state index contributed by atoms with van der Waals surface area (Å²) in [6, 6.07) is 7.14. The fourth-order valence-corrected chi connectivity index (χ4v) is 4.81. The van der Waals surface area contributed by atoms with Crippen LogP contribution in [0.3, 0.4) is 0 Å². The van der Waals surface area contributed by atoms with Gasteiger partial charge in [-0.2, -0.15) is 0 Å². The van der Waals surface area contributed by atoms with Gasteiger partial charge in [0.05, 0.1) is 15.8 Å². The summed E-state index contributed by atoms with van der Waals surface area (Å²) in [5.41, 5.74) is 1.44. The van der Waals surface area contributed by atoms with E-state index in [0.717, 1.165) is 15.8 Å². The Hall–Kier alpha value is -2.36. The number of halogens is 1. The number of thiazole rings is 1. The number of carbonyl (C=O) groups excluding carboxylic acids is 1. The summed E-state index contributed by atoms with van der Waals surface area (Å²) in [6.07, 6.45) is 4.79. The zero-order valence-electron chi connectivity index (χ0n) is 15.4. The number of aryl methyl sites for hydroxylation is 1. The van der Waals surface area contributed by atoms with Crippen molar-refractivity contribution in [1.82, 2.24) is 19.3 Å². The predicted molar refractivity (Wildman–Crippen MR) is 112 cm³/mol. The van der Waals surface area contributed by atoms with Gasteiger partial charge in [0.1, 0.15) is 5.69 Å². The summed E-state index contributed by atoms with van der Waals surface area (Å²) in [5.74, 6) is -0.184. The number of nitrogens with one attached hydrogen (secondary N) is 2. The van der Waals surface area contributed by atoms with Crippen LogP contribution in [-0.2, 0) is 16.8 Å². The molecule has 0 aliphatic heterocycles. The van der Waals surface area contributed by atoms with Crippen LogP contribution in [0, 0.1) is 4.78 Å². The molecule has 0 fully saturated rings. The lowest BCUT2D eigenvalue weighted by Crippen LogP contribution is -2.27. The highest BCUT2D eigenvalue weighted by Crippen LogP contribution is 2.26. The molecule has 1 amide bonds. The maximum absolute atomic E-state index is 12.8. The van der Waals surface area contributed by atoms with E-state index >= 15 is 0 Å². The fraction of sp³-hybridized carbons (Fsp3) is 0.222. The number of hydrogen-bond acceptors (Lipinski definition) is 5. The molecule has 1 aromatic carbocycles. The molecule has 28 heavy (non-hydrogen) atoms. The van der Waals surface area contributed by atoms with Gasteiger partial charge in [0.15, 0.2) is 9.99 Å². The van der Waals surface area contributed by atoms with Crippen LogP contribution in [-0.4, -0.2) is 30.3 Å². The highest BCUT2D eigenvalue weighted by Gasteiger charge is 2.19. The Bertz CT molecular complexity index is 1300. The van der Waals surface area contributed by atoms with Gasteiger partial charge in [-0.15, -0.1) is 0 Å². The quantitative estimate of drug-likeness (QED) is 0.506. The van der Waals surface area contributed by atoms with Gasteiger partial charge in [-0.05, 0) is 25.1 Å². The molecule has 2 atom stereocenters. The predicted octanol–water partition coefficient (Wildman–Crippen LogP) is 4.07. The Balaban J connectivity index is 1.58. The van der Waals surface area contributed by atoms with Crippen LogP contribution >= 0.6 is 22.9 Å². The maximum Gasteiger partial charge on any atom is 0.268 e. The molecule has 0 radical (unpaired) electrons. The number of fused-ring (bicyclic) bond motifs is 2. The summed E-state index contributed by atoms with van der Waals surface area (Å²) in [4.78, 5) is 18.6. The molecule has 0 saturated heterocycles. The highest BCUT2D eigenvalue weighted by molar-refractivity contribution is 7.91. The van der Waals surface area contributed by atoms with E-state index in [-0.39, 0.29) is 17.0 Å². The van der Waals surface area contributed by atoms with Gasteiger partial charge in [-0.3, -0.25) is 9.20 Å². The minimum atomic E-state index is -2.85. The molecule has 0 spiro atoms. The van der Waals surface area contributed by atoms with E-state index in [1.54, 1.807) is 16.7 Å². The molecule has 0 saturated carbocycles. The van der Waals surface area contributed by atoms with Crippen molar-refractivity contribution >= 4 is 54.4 Å². The molecule has 2 N–H and O–H groups in total. The van der Waals surface area contributed by atoms with Crippen molar-refractivity contribution in [2.24, 2.45) is 7.05 Å². The number of imidazole rings is 1. The first-order chi connectivity index (χ1) is 13.1. The van der Waals surface area contributed by atoms with Gasteiger partial charge in [0.2, 0.25) is 0 Å². The minimum absolute atomic E-state index is 0.184. The van der Waals surface area contributed by atoms with Gasteiger partial charge in [-0.25, -0.2) is 14.0 Å². The maximum atomic E-state index is 12.8. The standard InChI is InChI=1S/C18H18ClN5O2S2/c1-10(15-8-24-9-16(28(3,20)26)22-18(24)27-15)21-17(25)14-6-11-4-5-12(19)7-13(11)23(14)2/h4-10,20H,1-3H3,(H,21,25). The van der Waals surface area contributed by atoms with E-state index in [1.165, 1.54) is 17.6 Å². The zero-order valence-corrected chi connectivity index (χ0v) is 17.8. The van der Waals surface area contributed by atoms with Crippen LogP contribution in [0.5, 0.6) is 0 Å². The van der Waals surface area contributed by atoms with E-state index in [2.05, 4.69) is 10.3 Å². The largest absolute Gasteiger partial charge is 0.343 e. The monoisotopic (exact) mass is 435 g/mol. The van der Waals surface area contributed by atoms with Gasteiger partial charge in [0.25, 0.3) is 5.91 Å². The second kappa shape index (κ2) is 6.61. The van der Waals surface area contributed by atoms with Crippen LogP contribution < -0.4 is 5.32 Å². The summed E-state index contributed by atoms with van der Waals surface area (Å²) in [6.45, 7) is 1.90. The smallest absolute Gasteiger partial charge is 0.268 e. The molecule has 0 bridgehead atoms. The Morgan fingerprint density at radius 1 is 1.36 bits per heavy atom. The molecule has 4 aromatic rings. The van der Waals surface area contributed by atoms with Crippen LogP contribution in [0.25, 0.3) is 15.9 Å². The molecule has 3 aromatic heterocycles. The molecule has 4 rings (SSSR count). The van der Waals surface area contributed by atoms with Crippen LogP contribution in [0.4, 0.5) is 0 Å². The lowest BCUT2D eigenvalue weighted by molar-refractivity contribution is 0.0932. The van der Waals surface area contributed by atoms with Crippen molar-refractivity contribution in [2.45, 2.75) is 18.0 Å². The lowest BCUT2D eigenvalue weighted by Gasteiger charge is -2.12. The summed E-state index contributed by atoms with van der Waals surface area (Å²) in [7, 11) is -1.02. The Morgan fingerprint density at radius 2 is 2.11 bits per heavy atom. The Labute approximate surface area is 170 Å². The van der Waals surface area contributed by atoms with Gasteiger partial charge in [-0.1, -0.05) is 29.0 Å². The number of hydrogen-bond donors (Lipinski definition) is 2. The topological polar surface area (TPSA) is 92.2 Å². The number of carbonyl (C=O) groups is 1. The van der Waals surface area contributed by atoms with Gasteiger partial charge in [0, 0.05) is 46.5 Å². The van der Waals surface area contributed by atoms with E-state index in [1.807, 2.05) is 42.9 Å². The highest BCUT2D eigenvalue weighted by atomic mass is 35.5. The number of nitrogens with zero attached hydrogens (tertiary/aromatic N) is 3. The normalized spacial score (nSPS) is 15.0. The molecular weight excluding hydrogens is 418 g/mol. The molecule has 0 aliphatic rings. The van der Waals surface area contributed by atoms with Crippen molar-refractivity contribution in [2.75, 3.05) is 6.26 Å². The third kappa shape index (κ3) is 3.30. The van der Waals surface area contributed by atoms with Crippen molar-refractivity contribution in [3.05, 3.63) is 52.3 Å². The lowest BCUT2D eigenvalue weighted by atomic mass is 10.2. The number of benzene rings is 1. The van der Waals surface area contributed by atoms with Crippen molar-refractivity contribution < 1.29 is 9.00 Å². The van der Waals surface area contributed by atoms with Gasteiger partial charge < -0.3 is 9.88 Å². The third-order valence-electron chi connectivity index (χ3n) is 4.57. The first-order valence-corrected chi connectivity index (χ1v) is 11.6. The summed E-state index contributed by atoms with van der Waals surface area (Å²) < 4.78 is 23.0. The van der Waals surface area contributed by atoms with Gasteiger partial charge >= 0.3 is 0 Å². The molecular formula is C18H18ClN5O2S2. The molecule has 146 valence electrons. The van der Waals surface area contributed by atoms with E-state index in [9.17, 15) is 9.00 Å². The van der Waals surface area contributed by atoms with Crippen LogP contribution in [0.2, 0.25) is 5.02 Å². The van der Waals surface area contributed by atoms with E-state index in [4.69, 9.17) is 16.4 Å². The fourth-order valence-electron chi connectivity index (χ4n) is 3.04. The first kappa shape index (κ1) is 19.0. The average Bonchev–Trinajstić information content (AvgIpc) is 3.26. The van der Waals surface area contributed by atoms with Crippen molar-refractivity contribution in [3.63, 3.8) is 0 Å². The summed E-state index contributed by atoms with van der Waals surface area (Å²) in [5, 5.41) is 4.84. The van der Waals surface area contributed by atoms with E-state index in [0.29, 0.717) is 15.7 Å². The molecule has 10 heteroatoms. The molecule has 7 nitrogen and oxygen atoms in total. The SMILES string of the molecule is CC(NC(=O)c1cc2ccc(Cl)cc2n1C)c1cn2cc(S(C)(=N)=O)nc2s1. The second-order valence-electron chi connectivity index (χ2n) is 6.73. The molecule has 2 unspecified atom stereocenters. The van der Waals surface area contributed by atoms with Crippen LogP contribution in [0.1, 0.15) is 28.3 Å². The Morgan fingerprint density at radius 3 is 2.79 bits per heavy atom. The van der Waals surface area contributed by atoms with Crippen molar-refractivity contribution in [1.29, 1.82) is 4.78 Å². The first-order valence-electron chi connectivity index (χ1n) is 8.41.